The number of hydrogen-bond acceptors (Lipinski definition) is 5. The number of aliphatic hydroxyl groups excluding tert-OH is 1. The lowest BCUT2D eigenvalue weighted by molar-refractivity contribution is -0.161. The van der Waals surface area contributed by atoms with Gasteiger partial charge >= 0.3 is 11.9 Å². The number of rotatable bonds is 51. The van der Waals surface area contributed by atoms with Crippen LogP contribution in [0.25, 0.3) is 0 Å². The van der Waals surface area contributed by atoms with Gasteiger partial charge in [-0.15, -0.1) is 0 Å². The summed E-state index contributed by atoms with van der Waals surface area (Å²) >= 11 is 0. The van der Waals surface area contributed by atoms with Gasteiger partial charge in [-0.05, 0) is 109 Å². The van der Waals surface area contributed by atoms with E-state index in [9.17, 15) is 14.7 Å². The maximum Gasteiger partial charge on any atom is 0.306 e. The maximum atomic E-state index is 12.3. The molecule has 0 aliphatic rings. The lowest BCUT2D eigenvalue weighted by atomic mass is 10.0. The van der Waals surface area contributed by atoms with Crippen LogP contribution in [0.3, 0.4) is 0 Å². The summed E-state index contributed by atoms with van der Waals surface area (Å²) in [5.41, 5.74) is 0. The number of ether oxygens (including phenoxy) is 2. The van der Waals surface area contributed by atoms with Crippen LogP contribution in [-0.4, -0.2) is 36.4 Å². The molecule has 0 spiro atoms. The zero-order valence-electron chi connectivity index (χ0n) is 45.2. The van der Waals surface area contributed by atoms with Crippen LogP contribution in [0, 0.1) is 0 Å². The summed E-state index contributed by atoms with van der Waals surface area (Å²) in [5.74, 6) is -0.608. The van der Waals surface area contributed by atoms with Gasteiger partial charge in [-0.1, -0.05) is 257 Å². The molecule has 0 radical (unpaired) electrons. The molecule has 396 valence electrons. The summed E-state index contributed by atoms with van der Waals surface area (Å²) in [7, 11) is 0. The van der Waals surface area contributed by atoms with Crippen molar-refractivity contribution in [3.05, 3.63) is 134 Å². The van der Waals surface area contributed by atoms with Crippen LogP contribution >= 0.6 is 0 Å². The van der Waals surface area contributed by atoms with E-state index < -0.39 is 6.10 Å². The number of hydrogen-bond donors (Lipinski definition) is 1. The number of carbonyl (C=O) groups is 2. The SMILES string of the molecule is CC/C=C\C/C=C\C/C=C\C/C=C\C/C=C\C/C=C\CCCCCCCCCCCCCCCCC(=O)OC(CO)COC(=O)CCCCCCCCC/C=C\C/C=C\C/C=C\C/C=C\C/C=C\CC. The van der Waals surface area contributed by atoms with Gasteiger partial charge < -0.3 is 14.6 Å². The topological polar surface area (TPSA) is 72.8 Å². The molecule has 0 fully saturated rings. The first-order valence-electron chi connectivity index (χ1n) is 28.7. The molecule has 0 aromatic heterocycles. The first kappa shape index (κ1) is 66.0. The molecule has 1 N–H and O–H groups in total. The number of aliphatic hydroxyl groups is 1. The fourth-order valence-corrected chi connectivity index (χ4v) is 7.70. The molecule has 0 rings (SSSR count). The maximum absolute atomic E-state index is 12.3. The van der Waals surface area contributed by atoms with Crippen molar-refractivity contribution in [2.24, 2.45) is 0 Å². The van der Waals surface area contributed by atoms with Crippen molar-refractivity contribution in [2.45, 2.75) is 251 Å². The third kappa shape index (κ3) is 56.6. The first-order chi connectivity index (χ1) is 34.6. The van der Waals surface area contributed by atoms with Gasteiger partial charge in [0.15, 0.2) is 6.10 Å². The van der Waals surface area contributed by atoms with Gasteiger partial charge in [-0.25, -0.2) is 0 Å². The Morgan fingerprint density at radius 3 is 0.857 bits per heavy atom. The smallest absolute Gasteiger partial charge is 0.306 e. The molecule has 0 aromatic rings. The van der Waals surface area contributed by atoms with Crippen LogP contribution < -0.4 is 0 Å². The molecule has 0 saturated heterocycles. The van der Waals surface area contributed by atoms with Crippen LogP contribution in [0.4, 0.5) is 0 Å². The lowest BCUT2D eigenvalue weighted by Gasteiger charge is -2.15. The van der Waals surface area contributed by atoms with Crippen LogP contribution in [0.15, 0.2) is 134 Å². The van der Waals surface area contributed by atoms with Gasteiger partial charge in [0.1, 0.15) is 6.61 Å². The highest BCUT2D eigenvalue weighted by Gasteiger charge is 2.16. The molecule has 0 aliphatic heterocycles. The normalized spacial score (nSPS) is 13.2. The Labute approximate surface area is 432 Å². The summed E-state index contributed by atoms with van der Waals surface area (Å²) in [5, 5.41) is 9.66. The molecule has 0 bridgehead atoms. The van der Waals surface area contributed by atoms with Crippen molar-refractivity contribution < 1.29 is 24.2 Å². The van der Waals surface area contributed by atoms with E-state index in [1.165, 1.54) is 103 Å². The standard InChI is InChI=1S/C65H106O5/c1-3-5-7-9-11-13-15-17-19-21-23-25-27-28-29-30-31-32-33-34-35-36-38-40-42-44-46-48-50-52-54-56-58-60-65(68)70-63(61-66)62-69-64(67)59-57-55-53-51-49-47-45-43-41-39-37-26-24-22-20-18-16-14-12-10-8-6-4-2/h5-8,11-14,17-20,23-26,28-29,31-32,39,41,63,66H,3-4,9-10,15-16,21-22,27,30,33-38,40,42-62H2,1-2H3/b7-5-,8-6-,13-11-,14-12-,19-17-,20-18-,25-23-,26-24-,29-28-,32-31-,41-39-. The highest BCUT2D eigenvalue weighted by molar-refractivity contribution is 5.70. The second kappa shape index (κ2) is 59.3. The zero-order chi connectivity index (χ0) is 50.6. The molecule has 0 aromatic carbocycles. The summed E-state index contributed by atoms with van der Waals surface area (Å²) in [6, 6.07) is 0. The molecule has 5 heteroatoms. The average Bonchev–Trinajstić information content (AvgIpc) is 3.36. The van der Waals surface area contributed by atoms with Crippen LogP contribution in [0.2, 0.25) is 0 Å². The van der Waals surface area contributed by atoms with Gasteiger partial charge in [-0.3, -0.25) is 9.59 Å². The highest BCUT2D eigenvalue weighted by Crippen LogP contribution is 2.15. The van der Waals surface area contributed by atoms with E-state index in [0.29, 0.717) is 12.8 Å². The van der Waals surface area contributed by atoms with E-state index in [0.717, 1.165) is 116 Å². The van der Waals surface area contributed by atoms with Crippen molar-refractivity contribution in [1.82, 2.24) is 0 Å². The Kier molecular flexibility index (Phi) is 56.0. The number of unbranched alkanes of at least 4 members (excludes halogenated alkanes) is 21. The number of allylic oxidation sites excluding steroid dienone is 22. The number of carbonyl (C=O) groups excluding carboxylic acids is 2. The molecular formula is C65H106O5. The van der Waals surface area contributed by atoms with Crippen LogP contribution in [-0.2, 0) is 19.1 Å². The van der Waals surface area contributed by atoms with Crippen molar-refractivity contribution in [2.75, 3.05) is 13.2 Å². The van der Waals surface area contributed by atoms with Crippen molar-refractivity contribution in [3.8, 4) is 0 Å². The Morgan fingerprint density at radius 1 is 0.329 bits per heavy atom. The van der Waals surface area contributed by atoms with Crippen LogP contribution in [0.5, 0.6) is 0 Å². The van der Waals surface area contributed by atoms with Crippen LogP contribution in [0.1, 0.15) is 245 Å². The quantitative estimate of drug-likeness (QED) is 0.0374. The molecule has 1 unspecified atom stereocenters. The Bertz CT molecular complexity index is 1470. The minimum Gasteiger partial charge on any atom is -0.462 e. The van der Waals surface area contributed by atoms with Gasteiger partial charge in [0.2, 0.25) is 0 Å². The molecule has 0 saturated carbocycles. The molecule has 0 aliphatic carbocycles. The fourth-order valence-electron chi connectivity index (χ4n) is 7.70. The Morgan fingerprint density at radius 2 is 0.571 bits per heavy atom. The molecule has 5 nitrogen and oxygen atoms in total. The van der Waals surface area contributed by atoms with Crippen molar-refractivity contribution in [1.29, 1.82) is 0 Å². The second-order valence-electron chi connectivity index (χ2n) is 18.6. The molecule has 1 atom stereocenters. The van der Waals surface area contributed by atoms with Crippen molar-refractivity contribution in [3.63, 3.8) is 0 Å². The predicted molar refractivity (Wildman–Crippen MR) is 306 cm³/mol. The number of esters is 2. The van der Waals surface area contributed by atoms with E-state index in [4.69, 9.17) is 9.47 Å². The summed E-state index contributed by atoms with van der Waals surface area (Å²) in [6.45, 7) is 3.91. The predicted octanol–water partition coefficient (Wildman–Crippen LogP) is 19.6. The second-order valence-corrected chi connectivity index (χ2v) is 18.6. The molecule has 70 heavy (non-hydrogen) atoms. The minimum atomic E-state index is -0.787. The fraction of sp³-hybridized carbons (Fsp3) is 0.631. The van der Waals surface area contributed by atoms with E-state index in [2.05, 4.69) is 148 Å². The Hall–Kier alpha value is -3.96. The minimum absolute atomic E-state index is 0.0787. The highest BCUT2D eigenvalue weighted by atomic mass is 16.6. The van der Waals surface area contributed by atoms with E-state index in [1.54, 1.807) is 0 Å². The van der Waals surface area contributed by atoms with E-state index in [1.807, 2.05) is 0 Å². The van der Waals surface area contributed by atoms with Gasteiger partial charge in [0.05, 0.1) is 6.61 Å². The summed E-state index contributed by atoms with van der Waals surface area (Å²) in [6.07, 6.45) is 88.5. The summed E-state index contributed by atoms with van der Waals surface area (Å²) in [4.78, 5) is 24.5. The molecule has 0 amide bonds. The summed E-state index contributed by atoms with van der Waals surface area (Å²) < 4.78 is 10.7. The lowest BCUT2D eigenvalue weighted by Crippen LogP contribution is -2.28. The van der Waals surface area contributed by atoms with Gasteiger partial charge in [0.25, 0.3) is 0 Å². The third-order valence-electron chi connectivity index (χ3n) is 11.9. The average molecular weight is 968 g/mol. The Balaban J connectivity index is 3.54. The van der Waals surface area contributed by atoms with Crippen molar-refractivity contribution >= 4 is 11.9 Å². The third-order valence-corrected chi connectivity index (χ3v) is 11.9. The van der Waals surface area contributed by atoms with Gasteiger partial charge in [-0.2, -0.15) is 0 Å². The van der Waals surface area contributed by atoms with Gasteiger partial charge in [0, 0.05) is 12.8 Å². The van der Waals surface area contributed by atoms with E-state index >= 15 is 0 Å². The van der Waals surface area contributed by atoms with E-state index in [-0.39, 0.29) is 25.2 Å². The molecular weight excluding hydrogens is 861 g/mol. The first-order valence-corrected chi connectivity index (χ1v) is 28.7. The largest absolute Gasteiger partial charge is 0.462 e. The monoisotopic (exact) mass is 967 g/mol. The zero-order valence-corrected chi connectivity index (χ0v) is 45.2. The molecule has 0 heterocycles.